The molecule has 1 aliphatic rings. The summed E-state index contributed by atoms with van der Waals surface area (Å²) in [4.78, 5) is 41.8. The maximum atomic E-state index is 12.7. The number of hydrogen-bond donors (Lipinski definition) is 1. The smallest absolute Gasteiger partial charge is 0.389 e. The van der Waals surface area contributed by atoms with Crippen molar-refractivity contribution in [1.29, 1.82) is 0 Å². The van der Waals surface area contributed by atoms with Gasteiger partial charge in [0.05, 0.1) is 24.6 Å². The van der Waals surface area contributed by atoms with Gasteiger partial charge in [0, 0.05) is 25.9 Å². The molecule has 1 aromatic carbocycles. The summed E-state index contributed by atoms with van der Waals surface area (Å²) < 4.78 is 43.9. The van der Waals surface area contributed by atoms with Gasteiger partial charge in [-0.1, -0.05) is 25.5 Å². The van der Waals surface area contributed by atoms with Crippen LogP contribution < -0.4 is 5.32 Å². The number of aryl methyl sites for hydroxylation is 1. The minimum absolute atomic E-state index is 0.0220. The molecule has 35 heavy (non-hydrogen) atoms. The van der Waals surface area contributed by atoms with E-state index in [0.717, 1.165) is 29.1 Å². The highest BCUT2D eigenvalue weighted by molar-refractivity contribution is 6.13. The van der Waals surface area contributed by atoms with Gasteiger partial charge in [0.15, 0.2) is 0 Å². The predicted octanol–water partition coefficient (Wildman–Crippen LogP) is 4.30. The fourth-order valence-corrected chi connectivity index (χ4v) is 3.67. The van der Waals surface area contributed by atoms with Crippen LogP contribution in [0.1, 0.15) is 60.0 Å². The molecule has 1 fully saturated rings. The molecule has 0 aliphatic carbocycles. The second kappa shape index (κ2) is 11.2. The SMILES string of the molecule is CCCCc1ncc(/C=C2\NC(=O)N(CCCC(F)(F)F)C2=O)n1Cc1ccc(C(=O)OC)cc1. The van der Waals surface area contributed by atoms with Crippen LogP contribution in [0.3, 0.4) is 0 Å². The van der Waals surface area contributed by atoms with Crippen molar-refractivity contribution < 1.29 is 32.3 Å². The number of imidazole rings is 1. The number of nitrogens with zero attached hydrogens (tertiary/aromatic N) is 3. The molecule has 3 rings (SSSR count). The van der Waals surface area contributed by atoms with Gasteiger partial charge in [-0.05, 0) is 36.6 Å². The Morgan fingerprint density at radius 1 is 1.17 bits per heavy atom. The standard InChI is InChI=1S/C24H27F3N4O4/c1-3-4-6-20-28-14-18(31(20)15-16-7-9-17(10-8-16)22(33)35-2)13-19-21(32)30(23(34)29-19)12-5-11-24(25,26)27/h7-10,13-14H,3-6,11-12,15H2,1-2H3,(H,29,34)/b19-13-. The molecule has 0 spiro atoms. The van der Waals surface area contributed by atoms with Gasteiger partial charge in [0.1, 0.15) is 11.5 Å². The second-order valence-electron chi connectivity index (χ2n) is 8.14. The third kappa shape index (κ3) is 6.71. The summed E-state index contributed by atoms with van der Waals surface area (Å²) in [5.41, 5.74) is 1.84. The first-order valence-corrected chi connectivity index (χ1v) is 11.3. The lowest BCUT2D eigenvalue weighted by atomic mass is 10.1. The highest BCUT2D eigenvalue weighted by atomic mass is 19.4. The monoisotopic (exact) mass is 492 g/mol. The van der Waals surface area contributed by atoms with E-state index >= 15 is 0 Å². The first-order chi connectivity index (χ1) is 16.6. The highest BCUT2D eigenvalue weighted by Gasteiger charge is 2.35. The van der Waals surface area contributed by atoms with Gasteiger partial charge < -0.3 is 14.6 Å². The average molecular weight is 492 g/mol. The molecule has 188 valence electrons. The summed E-state index contributed by atoms with van der Waals surface area (Å²) in [5, 5.41) is 2.44. The minimum Gasteiger partial charge on any atom is -0.465 e. The van der Waals surface area contributed by atoms with E-state index in [9.17, 15) is 27.6 Å². The number of imide groups is 1. The molecule has 11 heteroatoms. The molecule has 2 heterocycles. The molecule has 0 radical (unpaired) electrons. The third-order valence-corrected chi connectivity index (χ3v) is 5.54. The molecular formula is C24H27F3N4O4. The Kier molecular flexibility index (Phi) is 8.31. The number of carbonyl (C=O) groups is 3. The number of halogens is 3. The lowest BCUT2D eigenvalue weighted by Crippen LogP contribution is -2.32. The molecule has 1 N–H and O–H groups in total. The normalized spacial score (nSPS) is 15.1. The van der Waals surface area contributed by atoms with Gasteiger partial charge in [0.2, 0.25) is 0 Å². The molecule has 2 aromatic rings. The van der Waals surface area contributed by atoms with E-state index in [0.29, 0.717) is 24.2 Å². The molecule has 0 bridgehead atoms. The van der Waals surface area contributed by atoms with Crippen molar-refractivity contribution in [3.63, 3.8) is 0 Å². The summed E-state index contributed by atoms with van der Waals surface area (Å²) in [6, 6.07) is 6.14. The number of rotatable bonds is 10. The number of alkyl halides is 3. The van der Waals surface area contributed by atoms with Gasteiger partial charge in [0.25, 0.3) is 5.91 Å². The van der Waals surface area contributed by atoms with Crippen LogP contribution in [0.15, 0.2) is 36.2 Å². The Morgan fingerprint density at radius 3 is 2.51 bits per heavy atom. The van der Waals surface area contributed by atoms with Crippen LogP contribution in [0.4, 0.5) is 18.0 Å². The van der Waals surface area contributed by atoms with Gasteiger partial charge in [-0.25, -0.2) is 14.6 Å². The predicted molar refractivity (Wildman–Crippen MR) is 121 cm³/mol. The lowest BCUT2D eigenvalue weighted by Gasteiger charge is -2.12. The molecule has 1 aromatic heterocycles. The molecule has 3 amide bonds. The Bertz CT molecular complexity index is 1110. The first kappa shape index (κ1) is 26.0. The highest BCUT2D eigenvalue weighted by Crippen LogP contribution is 2.23. The van der Waals surface area contributed by atoms with Crippen molar-refractivity contribution in [3.8, 4) is 0 Å². The third-order valence-electron chi connectivity index (χ3n) is 5.54. The van der Waals surface area contributed by atoms with Crippen molar-refractivity contribution in [1.82, 2.24) is 19.8 Å². The first-order valence-electron chi connectivity index (χ1n) is 11.3. The number of urea groups is 1. The Labute approximate surface area is 200 Å². The summed E-state index contributed by atoms with van der Waals surface area (Å²) in [6.45, 7) is 2.13. The van der Waals surface area contributed by atoms with Crippen molar-refractivity contribution in [3.05, 3.63) is 58.8 Å². The quantitative estimate of drug-likeness (QED) is 0.303. The Hall–Kier alpha value is -3.63. The van der Waals surface area contributed by atoms with E-state index in [4.69, 9.17) is 4.74 Å². The molecule has 0 unspecified atom stereocenters. The van der Waals surface area contributed by atoms with E-state index in [1.165, 1.54) is 13.2 Å². The summed E-state index contributed by atoms with van der Waals surface area (Å²) >= 11 is 0. The van der Waals surface area contributed by atoms with Crippen LogP contribution in [0.5, 0.6) is 0 Å². The van der Waals surface area contributed by atoms with Gasteiger partial charge >= 0.3 is 18.2 Å². The number of unbranched alkanes of at least 4 members (excludes halogenated alkanes) is 1. The number of carbonyl (C=O) groups excluding carboxylic acids is 3. The minimum atomic E-state index is -4.35. The van der Waals surface area contributed by atoms with Crippen LogP contribution in [0, 0.1) is 0 Å². The van der Waals surface area contributed by atoms with Crippen molar-refractivity contribution in [2.75, 3.05) is 13.7 Å². The van der Waals surface area contributed by atoms with Crippen LogP contribution in [-0.4, -0.2) is 52.2 Å². The zero-order chi connectivity index (χ0) is 25.6. The number of hydrogen-bond acceptors (Lipinski definition) is 5. The number of aromatic nitrogens is 2. The number of ether oxygens (including phenoxy) is 1. The zero-order valence-electron chi connectivity index (χ0n) is 19.5. The molecule has 0 atom stereocenters. The number of benzene rings is 1. The van der Waals surface area contributed by atoms with Crippen LogP contribution >= 0.6 is 0 Å². The summed E-state index contributed by atoms with van der Waals surface area (Å²) in [6.07, 6.45) is -0.169. The largest absolute Gasteiger partial charge is 0.465 e. The van der Waals surface area contributed by atoms with Crippen LogP contribution in [0.2, 0.25) is 0 Å². The Morgan fingerprint density at radius 2 is 1.89 bits per heavy atom. The average Bonchev–Trinajstić information content (AvgIpc) is 3.31. The second-order valence-corrected chi connectivity index (χ2v) is 8.14. The molecule has 8 nitrogen and oxygen atoms in total. The Balaban J connectivity index is 1.82. The fraction of sp³-hybridized carbons (Fsp3) is 0.417. The molecular weight excluding hydrogens is 465 g/mol. The number of nitrogens with one attached hydrogen (secondary N) is 1. The van der Waals surface area contributed by atoms with Crippen LogP contribution in [0.25, 0.3) is 6.08 Å². The van der Waals surface area contributed by atoms with Crippen molar-refractivity contribution in [2.24, 2.45) is 0 Å². The van der Waals surface area contributed by atoms with E-state index in [-0.39, 0.29) is 18.7 Å². The maximum Gasteiger partial charge on any atom is 0.389 e. The summed E-state index contributed by atoms with van der Waals surface area (Å²) in [7, 11) is 1.31. The van der Waals surface area contributed by atoms with Gasteiger partial charge in [-0.15, -0.1) is 0 Å². The summed E-state index contributed by atoms with van der Waals surface area (Å²) in [5.74, 6) is -0.333. The van der Waals surface area contributed by atoms with E-state index in [1.807, 2.05) is 4.57 Å². The fourth-order valence-electron chi connectivity index (χ4n) is 3.67. The van der Waals surface area contributed by atoms with E-state index < -0.39 is 30.5 Å². The van der Waals surface area contributed by atoms with Crippen molar-refractivity contribution >= 4 is 24.0 Å². The van der Waals surface area contributed by atoms with Gasteiger partial charge in [-0.2, -0.15) is 13.2 Å². The number of amides is 3. The lowest BCUT2D eigenvalue weighted by molar-refractivity contribution is -0.137. The maximum absolute atomic E-state index is 12.7. The number of methoxy groups -OCH3 is 1. The van der Waals surface area contributed by atoms with Crippen LogP contribution in [-0.2, 0) is 22.5 Å². The zero-order valence-corrected chi connectivity index (χ0v) is 19.5. The molecule has 1 saturated heterocycles. The van der Waals surface area contributed by atoms with E-state index in [1.54, 1.807) is 30.5 Å². The topological polar surface area (TPSA) is 93.5 Å². The molecule has 1 aliphatic heterocycles. The number of esters is 1. The van der Waals surface area contributed by atoms with E-state index in [2.05, 4.69) is 17.2 Å². The van der Waals surface area contributed by atoms with Gasteiger partial charge in [-0.3, -0.25) is 9.69 Å². The van der Waals surface area contributed by atoms with Crippen molar-refractivity contribution in [2.45, 2.75) is 51.7 Å². The molecule has 0 saturated carbocycles.